The molecule has 0 N–H and O–H groups in total. The van der Waals surface area contributed by atoms with Crippen molar-refractivity contribution in [1.82, 2.24) is 0 Å². The molecule has 0 saturated carbocycles. The molecule has 4 heteroatoms. The minimum atomic E-state index is -1.88. The van der Waals surface area contributed by atoms with E-state index >= 15 is 0 Å². The first-order valence-electron chi connectivity index (χ1n) is 24.2. The standard InChI is InChI=1S/C65H51N3Si/c1-65(2)54-42-45(34-38-51(54)52-39-37-48(43-55(52)65)67-59-24-12-10-22-57(59)66(47-18-6-5-7-19-47)58-23-11-13-25-60(58)67)31-30-44-32-35-46(36-33-44)49-40-41-56(53-21-9-8-20-50(49)53)68-61-26-14-16-28-63(61)69(3,4)64-29-17-15-27-62(64)68/h5-43H,1-4H3. The van der Waals surface area contributed by atoms with Crippen molar-refractivity contribution in [3.05, 3.63) is 247 Å². The van der Waals surface area contributed by atoms with Crippen molar-refractivity contribution in [2.24, 2.45) is 0 Å². The summed E-state index contributed by atoms with van der Waals surface area (Å²) < 4.78 is 0. The van der Waals surface area contributed by atoms with Crippen molar-refractivity contribution in [1.29, 1.82) is 0 Å². The molecule has 0 aromatic heterocycles. The van der Waals surface area contributed by atoms with Crippen LogP contribution in [0.25, 0.3) is 45.2 Å². The topological polar surface area (TPSA) is 9.72 Å². The number of hydrogen-bond acceptors (Lipinski definition) is 3. The minimum absolute atomic E-state index is 0.186. The van der Waals surface area contributed by atoms with Crippen LogP contribution in [0.3, 0.4) is 0 Å². The number of hydrogen-bond donors (Lipinski definition) is 0. The summed E-state index contributed by atoms with van der Waals surface area (Å²) in [5, 5.41) is 5.46. The van der Waals surface area contributed by atoms with Crippen LogP contribution in [0.15, 0.2) is 224 Å². The smallest absolute Gasteiger partial charge is 0.117 e. The Labute approximate surface area is 406 Å². The Hall–Kier alpha value is -8.18. The normalized spacial score (nSPS) is 14.8. The second kappa shape index (κ2) is 15.7. The van der Waals surface area contributed by atoms with Crippen LogP contribution in [0.5, 0.6) is 0 Å². The van der Waals surface area contributed by atoms with Gasteiger partial charge in [-0.25, -0.2) is 0 Å². The van der Waals surface area contributed by atoms with Gasteiger partial charge in [0.2, 0.25) is 0 Å². The Morgan fingerprint density at radius 1 is 0.348 bits per heavy atom. The minimum Gasteiger partial charge on any atom is -0.310 e. The maximum absolute atomic E-state index is 2.51. The Morgan fingerprint density at radius 3 is 1.43 bits per heavy atom. The van der Waals surface area contributed by atoms with Gasteiger partial charge in [0.15, 0.2) is 0 Å². The first-order valence-corrected chi connectivity index (χ1v) is 27.2. The summed E-state index contributed by atoms with van der Waals surface area (Å²) in [6.07, 6.45) is 4.52. The van der Waals surface area contributed by atoms with Crippen LogP contribution < -0.4 is 25.1 Å². The molecule has 2 aliphatic heterocycles. The lowest BCUT2D eigenvalue weighted by atomic mass is 9.81. The number of rotatable bonds is 6. The van der Waals surface area contributed by atoms with Crippen molar-refractivity contribution in [2.45, 2.75) is 32.4 Å². The monoisotopic (exact) mass is 901 g/mol. The molecule has 0 radical (unpaired) electrons. The Bertz CT molecular complexity index is 3600. The summed E-state index contributed by atoms with van der Waals surface area (Å²) in [6.45, 7) is 9.73. The molecule has 0 saturated heterocycles. The number of nitrogens with zero attached hydrogens (tertiary/aromatic N) is 3. The van der Waals surface area contributed by atoms with Crippen molar-refractivity contribution < 1.29 is 0 Å². The van der Waals surface area contributed by atoms with E-state index in [1.54, 1.807) is 0 Å². The fraction of sp³-hybridized carbons (Fsp3) is 0.0769. The zero-order chi connectivity index (χ0) is 46.4. The molecule has 10 aromatic carbocycles. The van der Waals surface area contributed by atoms with Gasteiger partial charge in [-0.2, -0.15) is 0 Å². The quantitative estimate of drug-likeness (QED) is 0.122. The molecule has 69 heavy (non-hydrogen) atoms. The molecule has 13 rings (SSSR count). The SMILES string of the molecule is CC1(C)c2cc(C=Cc3ccc(-c4ccc(N5c6ccccc6[Si](C)(C)c6ccccc65)c5ccccc45)cc3)ccc2-c2ccc(N3c4ccccc4N(c4ccccc4)c4ccccc43)cc21. The molecule has 3 aliphatic rings. The second-order valence-corrected chi connectivity index (χ2v) is 24.1. The molecule has 330 valence electrons. The maximum atomic E-state index is 2.51. The van der Waals surface area contributed by atoms with Gasteiger partial charge in [0.05, 0.1) is 28.4 Å². The molecule has 0 bridgehead atoms. The molecule has 10 aromatic rings. The Morgan fingerprint density at radius 2 is 0.812 bits per heavy atom. The van der Waals surface area contributed by atoms with E-state index in [0.717, 1.165) is 28.4 Å². The van der Waals surface area contributed by atoms with E-state index in [9.17, 15) is 0 Å². The summed E-state index contributed by atoms with van der Waals surface area (Å²) in [6, 6.07) is 83.0. The van der Waals surface area contributed by atoms with Gasteiger partial charge in [0, 0.05) is 33.6 Å². The molecule has 0 fully saturated rings. The van der Waals surface area contributed by atoms with E-state index in [2.05, 4.69) is 278 Å². The van der Waals surface area contributed by atoms with Crippen LogP contribution in [0.2, 0.25) is 13.1 Å². The fourth-order valence-electron chi connectivity index (χ4n) is 11.7. The molecule has 0 unspecified atom stereocenters. The average Bonchev–Trinajstić information content (AvgIpc) is 3.62. The number of fused-ring (bicyclic) bond motifs is 8. The highest BCUT2D eigenvalue weighted by atomic mass is 28.3. The lowest BCUT2D eigenvalue weighted by Gasteiger charge is -2.41. The van der Waals surface area contributed by atoms with Gasteiger partial charge in [0.1, 0.15) is 8.07 Å². The van der Waals surface area contributed by atoms with E-state index in [0.29, 0.717) is 0 Å². The molecular weight excluding hydrogens is 851 g/mol. The van der Waals surface area contributed by atoms with Crippen molar-refractivity contribution in [3.63, 3.8) is 0 Å². The zero-order valence-corrected chi connectivity index (χ0v) is 40.4. The lowest BCUT2D eigenvalue weighted by Crippen LogP contribution is -2.58. The predicted molar refractivity (Wildman–Crippen MR) is 297 cm³/mol. The van der Waals surface area contributed by atoms with Gasteiger partial charge in [-0.3, -0.25) is 0 Å². The summed E-state index contributed by atoms with van der Waals surface area (Å²) >= 11 is 0. The fourth-order valence-corrected chi connectivity index (χ4v) is 14.7. The third-order valence-corrected chi connectivity index (χ3v) is 18.7. The predicted octanol–water partition coefficient (Wildman–Crippen LogP) is 16.8. The number of benzene rings is 10. The Kier molecular flexibility index (Phi) is 9.34. The van der Waals surface area contributed by atoms with Crippen LogP contribution in [0, 0.1) is 0 Å². The van der Waals surface area contributed by atoms with Crippen LogP contribution in [-0.4, -0.2) is 8.07 Å². The summed E-state index contributed by atoms with van der Waals surface area (Å²) in [4.78, 5) is 7.33. The molecular formula is C65H51N3Si. The average molecular weight is 902 g/mol. The molecule has 0 atom stereocenters. The van der Waals surface area contributed by atoms with Gasteiger partial charge >= 0.3 is 0 Å². The first kappa shape index (κ1) is 41.0. The maximum Gasteiger partial charge on any atom is 0.117 e. The van der Waals surface area contributed by atoms with Crippen LogP contribution in [0.4, 0.5) is 51.2 Å². The van der Waals surface area contributed by atoms with Crippen LogP contribution >= 0.6 is 0 Å². The van der Waals surface area contributed by atoms with Gasteiger partial charge in [-0.15, -0.1) is 0 Å². The third-order valence-electron chi connectivity index (χ3n) is 15.2. The molecule has 3 nitrogen and oxygen atoms in total. The van der Waals surface area contributed by atoms with E-state index < -0.39 is 8.07 Å². The number of anilines is 9. The lowest BCUT2D eigenvalue weighted by molar-refractivity contribution is 0.660. The largest absolute Gasteiger partial charge is 0.310 e. The molecule has 0 spiro atoms. The highest BCUT2D eigenvalue weighted by molar-refractivity contribution is 7.02. The zero-order valence-electron chi connectivity index (χ0n) is 39.4. The highest BCUT2D eigenvalue weighted by Crippen LogP contribution is 2.56. The van der Waals surface area contributed by atoms with Gasteiger partial charge in [-0.1, -0.05) is 197 Å². The van der Waals surface area contributed by atoms with E-state index in [-0.39, 0.29) is 5.41 Å². The van der Waals surface area contributed by atoms with Crippen molar-refractivity contribution in [3.8, 4) is 22.3 Å². The van der Waals surface area contributed by atoms with E-state index in [1.165, 1.54) is 88.4 Å². The van der Waals surface area contributed by atoms with Crippen LogP contribution in [-0.2, 0) is 5.41 Å². The van der Waals surface area contributed by atoms with E-state index in [4.69, 9.17) is 0 Å². The summed E-state index contributed by atoms with van der Waals surface area (Å²) in [7, 11) is -1.88. The van der Waals surface area contributed by atoms with Gasteiger partial charge < -0.3 is 14.7 Å². The molecule has 2 heterocycles. The van der Waals surface area contributed by atoms with Gasteiger partial charge in [0.25, 0.3) is 0 Å². The highest BCUT2D eigenvalue weighted by Gasteiger charge is 2.40. The van der Waals surface area contributed by atoms with E-state index in [1.807, 2.05) is 0 Å². The van der Waals surface area contributed by atoms with Crippen LogP contribution in [0.1, 0.15) is 36.1 Å². The molecule has 1 aliphatic carbocycles. The summed E-state index contributed by atoms with van der Waals surface area (Å²) in [5.74, 6) is 0. The van der Waals surface area contributed by atoms with Crippen molar-refractivity contribution >= 4 is 92.6 Å². The third kappa shape index (κ3) is 6.40. The van der Waals surface area contributed by atoms with Crippen molar-refractivity contribution in [2.75, 3.05) is 14.7 Å². The number of para-hydroxylation sites is 7. The molecule has 0 amide bonds. The summed E-state index contributed by atoms with van der Waals surface area (Å²) in [5.41, 5.74) is 20.8. The Balaban J connectivity index is 0.791. The first-order chi connectivity index (χ1) is 33.8. The van der Waals surface area contributed by atoms with Gasteiger partial charge in [-0.05, 0) is 127 Å². The second-order valence-electron chi connectivity index (χ2n) is 19.8.